The van der Waals surface area contributed by atoms with Crippen LogP contribution in [0.3, 0.4) is 0 Å². The molecule has 4 heterocycles. The molecule has 4 heteroatoms. The Hall–Kier alpha value is -7.82. The maximum atomic E-state index is 5.17. The number of aromatic nitrogens is 4. The molecule has 0 aliphatic rings. The van der Waals surface area contributed by atoms with Gasteiger partial charge in [-0.05, 0) is 52.6 Å². The number of nitrogens with zero attached hydrogens (tertiary/aromatic N) is 4. The van der Waals surface area contributed by atoms with Gasteiger partial charge in [0.1, 0.15) is 0 Å². The van der Waals surface area contributed by atoms with Crippen molar-refractivity contribution in [2.24, 2.45) is 0 Å². The predicted molar refractivity (Wildman–Crippen MR) is 240 cm³/mol. The Morgan fingerprint density at radius 1 is 0.190 bits per heavy atom. The summed E-state index contributed by atoms with van der Waals surface area (Å²) in [6.45, 7) is 0. The fraction of sp³-hybridized carbons (Fsp3) is 0. The molecule has 0 spiro atoms. The second kappa shape index (κ2) is 14.0. The summed E-state index contributed by atoms with van der Waals surface area (Å²) >= 11 is 0. The molecule has 7 aromatic carbocycles. The Bertz CT molecular complexity index is 3080. The van der Waals surface area contributed by atoms with Crippen molar-refractivity contribution in [3.8, 4) is 67.3 Å². The van der Waals surface area contributed by atoms with Crippen molar-refractivity contribution >= 4 is 43.6 Å². The Labute approximate surface area is 335 Å². The summed E-state index contributed by atoms with van der Waals surface area (Å²) in [6, 6.07) is 72.2. The van der Waals surface area contributed by atoms with Crippen LogP contribution in [0, 0.1) is 0 Å². The van der Waals surface area contributed by atoms with Gasteiger partial charge in [-0.2, -0.15) is 0 Å². The van der Waals surface area contributed by atoms with Crippen LogP contribution in [0.4, 0.5) is 0 Å². The highest BCUT2D eigenvalue weighted by Gasteiger charge is 2.12. The third-order valence-electron chi connectivity index (χ3n) is 11.1. The zero-order chi connectivity index (χ0) is 38.4. The summed E-state index contributed by atoms with van der Waals surface area (Å²) in [7, 11) is 0. The van der Waals surface area contributed by atoms with Gasteiger partial charge in [0.15, 0.2) is 0 Å². The number of hydrogen-bond donors (Lipinski definition) is 0. The van der Waals surface area contributed by atoms with E-state index in [-0.39, 0.29) is 0 Å². The van der Waals surface area contributed by atoms with Crippen LogP contribution in [0.15, 0.2) is 206 Å². The highest BCUT2D eigenvalue weighted by Crippen LogP contribution is 2.33. The fourth-order valence-corrected chi connectivity index (χ4v) is 7.94. The lowest BCUT2D eigenvalue weighted by molar-refractivity contribution is 1.36. The van der Waals surface area contributed by atoms with Gasteiger partial charge < -0.3 is 0 Å². The smallest absolute Gasteiger partial charge is 0.0972 e. The second-order valence-electron chi connectivity index (χ2n) is 14.7. The number of pyridine rings is 4. The molecule has 4 aromatic heterocycles. The van der Waals surface area contributed by atoms with Crippen molar-refractivity contribution in [3.63, 3.8) is 0 Å². The van der Waals surface area contributed by atoms with E-state index >= 15 is 0 Å². The molecule has 0 radical (unpaired) electrons. The first-order valence-electron chi connectivity index (χ1n) is 19.5. The summed E-state index contributed by atoms with van der Waals surface area (Å²) in [5.41, 5.74) is 16.3. The molecule has 11 rings (SSSR count). The molecular formula is C54H34N4. The molecule has 4 nitrogen and oxygen atoms in total. The molecule has 0 saturated carbocycles. The highest BCUT2D eigenvalue weighted by molar-refractivity contribution is 6.05. The summed E-state index contributed by atoms with van der Waals surface area (Å²) in [5, 5.41) is 4.31. The average Bonchev–Trinajstić information content (AvgIpc) is 3.31. The van der Waals surface area contributed by atoms with E-state index in [1.54, 1.807) is 0 Å². The van der Waals surface area contributed by atoms with Crippen molar-refractivity contribution in [2.45, 2.75) is 0 Å². The topological polar surface area (TPSA) is 51.6 Å². The van der Waals surface area contributed by atoms with E-state index in [1.165, 1.54) is 0 Å². The molecule has 11 aromatic rings. The zero-order valence-electron chi connectivity index (χ0n) is 31.4. The van der Waals surface area contributed by atoms with E-state index in [9.17, 15) is 0 Å². The summed E-state index contributed by atoms with van der Waals surface area (Å²) < 4.78 is 0. The molecule has 58 heavy (non-hydrogen) atoms. The quantitative estimate of drug-likeness (QED) is 0.159. The predicted octanol–water partition coefficient (Wildman–Crippen LogP) is 13.9. The lowest BCUT2D eigenvalue weighted by atomic mass is 9.97. The SMILES string of the molecule is c1ccc(-c2ccc3ccc4ccc(-c5ccc(-c6cccc(-c7ccc(-c8ccc9ccc%10ccc(-c%11ccccc%11)nc%10c9n8)cc7)c6)cc5)nc4c3n2)cc1. The largest absolute Gasteiger partial charge is 0.245 e. The van der Waals surface area contributed by atoms with Gasteiger partial charge >= 0.3 is 0 Å². The second-order valence-corrected chi connectivity index (χ2v) is 14.7. The van der Waals surface area contributed by atoms with Crippen LogP contribution in [-0.2, 0) is 0 Å². The van der Waals surface area contributed by atoms with Gasteiger partial charge in [-0.1, -0.05) is 176 Å². The molecule has 0 atom stereocenters. The standard InChI is InChI=1S/C54H34N4/c1-3-8-37(9-4-1)47-30-26-41-22-24-43-28-32-49(57-53(43)51(41)55-47)39-18-14-35(15-19-39)45-12-7-13-46(34-45)36-16-20-40(21-17-36)50-33-29-44-25-23-42-27-31-48(38-10-5-2-6-11-38)56-52(42)54(44)58-50/h1-34H. The van der Waals surface area contributed by atoms with Crippen LogP contribution in [0.2, 0.25) is 0 Å². The molecular weight excluding hydrogens is 705 g/mol. The van der Waals surface area contributed by atoms with E-state index in [0.29, 0.717) is 0 Å². The van der Waals surface area contributed by atoms with Crippen molar-refractivity contribution in [1.82, 2.24) is 19.9 Å². The molecule has 0 amide bonds. The van der Waals surface area contributed by atoms with Gasteiger partial charge in [0.2, 0.25) is 0 Å². The van der Waals surface area contributed by atoms with Crippen LogP contribution in [-0.4, -0.2) is 19.9 Å². The fourth-order valence-electron chi connectivity index (χ4n) is 7.94. The van der Waals surface area contributed by atoms with E-state index in [0.717, 1.165) is 111 Å². The van der Waals surface area contributed by atoms with Crippen molar-refractivity contribution in [1.29, 1.82) is 0 Å². The number of hydrogen-bond acceptors (Lipinski definition) is 4. The highest BCUT2D eigenvalue weighted by atomic mass is 14.8. The molecule has 0 aliphatic heterocycles. The van der Waals surface area contributed by atoms with Crippen LogP contribution < -0.4 is 0 Å². The third-order valence-corrected chi connectivity index (χ3v) is 11.1. The normalized spacial score (nSPS) is 11.4. The average molecular weight is 739 g/mol. The van der Waals surface area contributed by atoms with Crippen LogP contribution in [0.25, 0.3) is 111 Å². The van der Waals surface area contributed by atoms with E-state index < -0.39 is 0 Å². The molecule has 0 fully saturated rings. The number of rotatable bonds is 6. The Morgan fingerprint density at radius 2 is 0.448 bits per heavy atom. The minimum absolute atomic E-state index is 0.912. The van der Waals surface area contributed by atoms with Crippen LogP contribution in [0.1, 0.15) is 0 Å². The lowest BCUT2D eigenvalue weighted by Gasteiger charge is -2.10. The van der Waals surface area contributed by atoms with Crippen LogP contribution >= 0.6 is 0 Å². The van der Waals surface area contributed by atoms with Gasteiger partial charge in [0.05, 0.1) is 44.8 Å². The molecule has 0 N–H and O–H groups in total. The van der Waals surface area contributed by atoms with Gasteiger partial charge in [-0.25, -0.2) is 19.9 Å². The Balaban J connectivity index is 0.867. The number of fused-ring (bicyclic) bond motifs is 6. The first-order valence-corrected chi connectivity index (χ1v) is 19.5. The van der Waals surface area contributed by atoms with E-state index in [4.69, 9.17) is 19.9 Å². The van der Waals surface area contributed by atoms with E-state index in [2.05, 4.69) is 170 Å². The molecule has 0 bridgehead atoms. The minimum Gasteiger partial charge on any atom is -0.245 e. The van der Waals surface area contributed by atoms with Crippen LogP contribution in [0.5, 0.6) is 0 Å². The lowest BCUT2D eigenvalue weighted by Crippen LogP contribution is -1.91. The molecule has 0 saturated heterocycles. The van der Waals surface area contributed by atoms with Gasteiger partial charge in [0.25, 0.3) is 0 Å². The first kappa shape index (κ1) is 33.5. The molecule has 270 valence electrons. The number of benzene rings is 7. The monoisotopic (exact) mass is 738 g/mol. The van der Waals surface area contributed by atoms with Gasteiger partial charge in [-0.15, -0.1) is 0 Å². The summed E-state index contributed by atoms with van der Waals surface area (Å²) in [4.78, 5) is 20.5. The van der Waals surface area contributed by atoms with Crippen molar-refractivity contribution in [3.05, 3.63) is 206 Å². The van der Waals surface area contributed by atoms with Gasteiger partial charge in [-0.3, -0.25) is 0 Å². The molecule has 0 unspecified atom stereocenters. The van der Waals surface area contributed by atoms with Crippen molar-refractivity contribution in [2.75, 3.05) is 0 Å². The third kappa shape index (κ3) is 6.14. The molecule has 0 aliphatic carbocycles. The first-order chi connectivity index (χ1) is 28.7. The van der Waals surface area contributed by atoms with Gasteiger partial charge in [0, 0.05) is 43.8 Å². The Morgan fingerprint density at radius 3 is 0.776 bits per heavy atom. The Kier molecular flexibility index (Phi) is 8.11. The maximum absolute atomic E-state index is 5.17. The summed E-state index contributed by atoms with van der Waals surface area (Å²) in [5.74, 6) is 0. The maximum Gasteiger partial charge on any atom is 0.0972 e. The summed E-state index contributed by atoms with van der Waals surface area (Å²) in [6.07, 6.45) is 0. The zero-order valence-corrected chi connectivity index (χ0v) is 31.4. The minimum atomic E-state index is 0.912. The van der Waals surface area contributed by atoms with Crippen molar-refractivity contribution < 1.29 is 0 Å². The van der Waals surface area contributed by atoms with E-state index in [1.807, 2.05) is 36.4 Å².